The minimum absolute atomic E-state index is 0.0297. The van der Waals surface area contributed by atoms with E-state index in [0.717, 1.165) is 33.8 Å². The number of aromatic nitrogens is 2. The van der Waals surface area contributed by atoms with Crippen molar-refractivity contribution < 1.29 is 23.4 Å². The molecule has 6 nitrogen and oxygen atoms in total. The summed E-state index contributed by atoms with van der Waals surface area (Å²) in [6.45, 7) is 9.07. The van der Waals surface area contributed by atoms with E-state index in [1.54, 1.807) is 19.1 Å². The highest BCUT2D eigenvalue weighted by Gasteiger charge is 2.22. The van der Waals surface area contributed by atoms with E-state index < -0.39 is 5.82 Å². The van der Waals surface area contributed by atoms with Crippen LogP contribution in [0.5, 0.6) is 11.5 Å². The molecule has 234 valence electrons. The molecule has 2 unspecified atom stereocenters. The number of carbonyl (C=O) groups is 1. The molecule has 0 bridgehead atoms. The first-order valence-corrected chi connectivity index (χ1v) is 15.6. The van der Waals surface area contributed by atoms with Crippen molar-refractivity contribution in [2.45, 2.75) is 65.7 Å². The van der Waals surface area contributed by atoms with Crippen LogP contribution in [0.2, 0.25) is 0 Å². The van der Waals surface area contributed by atoms with Crippen LogP contribution >= 0.6 is 0 Å². The first-order valence-electron chi connectivity index (χ1n) is 15.6. The topological polar surface area (TPSA) is 62.6 Å². The maximum absolute atomic E-state index is 14.7. The molecule has 0 saturated heterocycles. The number of ether oxygens (including phenoxy) is 3. The van der Waals surface area contributed by atoms with Gasteiger partial charge < -0.3 is 14.2 Å². The van der Waals surface area contributed by atoms with Gasteiger partial charge in [0.25, 0.3) is 0 Å². The Labute approximate surface area is 265 Å². The summed E-state index contributed by atoms with van der Waals surface area (Å²) in [7, 11) is 0. The molecule has 0 aliphatic heterocycles. The molecule has 0 fully saturated rings. The zero-order chi connectivity index (χ0) is 31.8. The average molecular weight is 609 g/mol. The van der Waals surface area contributed by atoms with Crippen LogP contribution in [0, 0.1) is 11.7 Å². The third-order valence-electron chi connectivity index (χ3n) is 7.77. The molecular weight excluding hydrogens is 567 g/mol. The molecule has 45 heavy (non-hydrogen) atoms. The Balaban J connectivity index is 1.35. The van der Waals surface area contributed by atoms with Crippen LogP contribution in [0.1, 0.15) is 62.4 Å². The van der Waals surface area contributed by atoms with Gasteiger partial charge in [-0.15, -0.1) is 0 Å². The molecule has 4 aromatic rings. The fourth-order valence-corrected chi connectivity index (χ4v) is 5.45. The average Bonchev–Trinajstić information content (AvgIpc) is 3.44. The standard InChI is InChI=1S/C38H41FN2O4/c1-5-43-38(42)20-18-29-17-19-32(22-34(29)39)44-25-28-15-16-31(37(21-28)45-26(2)3)24-41-36(30-12-7-6-8-13-30)23-35(40-41)33-14-10-9-11-27(33)4/h6-17,19,21-23,26-27,33H,5,18,20,24-25H2,1-4H3. The lowest BCUT2D eigenvalue weighted by Gasteiger charge is -2.18. The highest BCUT2D eigenvalue weighted by atomic mass is 19.1. The Morgan fingerprint density at radius 2 is 1.76 bits per heavy atom. The van der Waals surface area contributed by atoms with Crippen LogP contribution in [-0.2, 0) is 29.1 Å². The summed E-state index contributed by atoms with van der Waals surface area (Å²) >= 11 is 0. The van der Waals surface area contributed by atoms with E-state index in [1.165, 1.54) is 6.07 Å². The second-order valence-corrected chi connectivity index (χ2v) is 11.6. The lowest BCUT2D eigenvalue weighted by molar-refractivity contribution is -0.143. The molecule has 0 radical (unpaired) electrons. The van der Waals surface area contributed by atoms with Crippen LogP contribution in [0.3, 0.4) is 0 Å². The van der Waals surface area contributed by atoms with Crippen LogP contribution in [0.4, 0.5) is 4.39 Å². The van der Waals surface area contributed by atoms with Gasteiger partial charge >= 0.3 is 5.97 Å². The maximum atomic E-state index is 14.7. The van der Waals surface area contributed by atoms with Gasteiger partial charge in [0, 0.05) is 24.0 Å². The van der Waals surface area contributed by atoms with Gasteiger partial charge in [0.05, 0.1) is 30.6 Å². The van der Waals surface area contributed by atoms with E-state index >= 15 is 0 Å². The predicted octanol–water partition coefficient (Wildman–Crippen LogP) is 8.45. The summed E-state index contributed by atoms with van der Waals surface area (Å²) < 4.78 is 33.9. The molecule has 2 atom stereocenters. The van der Waals surface area contributed by atoms with Crippen molar-refractivity contribution >= 4 is 5.97 Å². The van der Waals surface area contributed by atoms with Crippen LogP contribution < -0.4 is 9.47 Å². The molecular formula is C38H41FN2O4. The van der Waals surface area contributed by atoms with Gasteiger partial charge in [0.2, 0.25) is 0 Å². The summed E-state index contributed by atoms with van der Waals surface area (Å²) in [5.74, 6) is 1.00. The number of aryl methyl sites for hydroxylation is 1. The fourth-order valence-electron chi connectivity index (χ4n) is 5.45. The smallest absolute Gasteiger partial charge is 0.306 e. The van der Waals surface area contributed by atoms with Crippen molar-refractivity contribution in [1.29, 1.82) is 0 Å². The molecule has 1 heterocycles. The van der Waals surface area contributed by atoms with Crippen LogP contribution in [-0.4, -0.2) is 28.5 Å². The summed E-state index contributed by atoms with van der Waals surface area (Å²) in [6, 6.07) is 23.3. The molecule has 0 amide bonds. The zero-order valence-electron chi connectivity index (χ0n) is 26.4. The Bertz CT molecular complexity index is 1660. The maximum Gasteiger partial charge on any atom is 0.306 e. The zero-order valence-corrected chi connectivity index (χ0v) is 26.4. The minimum atomic E-state index is -0.405. The molecule has 0 spiro atoms. The summed E-state index contributed by atoms with van der Waals surface area (Å²) in [6.07, 6.45) is 9.01. The van der Waals surface area contributed by atoms with Gasteiger partial charge in [-0.05, 0) is 68.0 Å². The molecule has 5 rings (SSSR count). The normalized spacial score (nSPS) is 15.8. The molecule has 3 aromatic carbocycles. The Hall–Kier alpha value is -4.65. The Morgan fingerprint density at radius 3 is 2.49 bits per heavy atom. The summed E-state index contributed by atoms with van der Waals surface area (Å²) in [5, 5.41) is 5.11. The number of carbonyl (C=O) groups excluding carboxylic acids is 1. The number of rotatable bonds is 13. The Kier molecular flexibility index (Phi) is 10.5. The molecule has 1 aromatic heterocycles. The van der Waals surface area contributed by atoms with Crippen LogP contribution in [0.15, 0.2) is 97.1 Å². The van der Waals surface area contributed by atoms with Gasteiger partial charge in [0.15, 0.2) is 0 Å². The Morgan fingerprint density at radius 1 is 0.978 bits per heavy atom. The number of allylic oxidation sites excluding steroid dienone is 4. The second-order valence-electron chi connectivity index (χ2n) is 11.6. The van der Waals surface area contributed by atoms with Crippen LogP contribution in [0.25, 0.3) is 11.3 Å². The highest BCUT2D eigenvalue weighted by Crippen LogP contribution is 2.33. The lowest BCUT2D eigenvalue weighted by Crippen LogP contribution is -2.12. The number of hydrogen-bond donors (Lipinski definition) is 0. The van der Waals surface area contributed by atoms with E-state index in [2.05, 4.69) is 60.2 Å². The SMILES string of the molecule is CCOC(=O)CCc1ccc(OCc2ccc(Cn3nc(C4C=CC=CC4C)cc3-c3ccccc3)c(OC(C)C)c2)cc1F. The van der Waals surface area contributed by atoms with E-state index in [4.69, 9.17) is 19.3 Å². The van der Waals surface area contributed by atoms with Crippen molar-refractivity contribution in [3.05, 3.63) is 125 Å². The fraction of sp³-hybridized carbons (Fsp3) is 0.316. The first-order chi connectivity index (χ1) is 21.8. The van der Waals surface area contributed by atoms with Crippen molar-refractivity contribution in [2.24, 2.45) is 5.92 Å². The molecule has 1 aliphatic carbocycles. The van der Waals surface area contributed by atoms with Gasteiger partial charge in [-0.3, -0.25) is 9.48 Å². The lowest BCUT2D eigenvalue weighted by atomic mass is 9.87. The van der Waals surface area contributed by atoms with E-state index in [0.29, 0.717) is 30.4 Å². The third kappa shape index (κ3) is 8.29. The number of halogens is 1. The quantitative estimate of drug-likeness (QED) is 0.143. The predicted molar refractivity (Wildman–Crippen MR) is 175 cm³/mol. The van der Waals surface area contributed by atoms with Gasteiger partial charge in [0.1, 0.15) is 23.9 Å². The van der Waals surface area contributed by atoms with Crippen molar-refractivity contribution in [1.82, 2.24) is 9.78 Å². The second kappa shape index (κ2) is 14.9. The number of benzene rings is 3. The van der Waals surface area contributed by atoms with E-state index in [1.807, 2.05) is 44.2 Å². The molecule has 0 N–H and O–H groups in total. The molecule has 7 heteroatoms. The van der Waals surface area contributed by atoms with Gasteiger partial charge in [-0.1, -0.05) is 79.8 Å². The van der Waals surface area contributed by atoms with Crippen molar-refractivity contribution in [3.63, 3.8) is 0 Å². The number of esters is 1. The van der Waals surface area contributed by atoms with Gasteiger partial charge in [-0.2, -0.15) is 5.10 Å². The van der Waals surface area contributed by atoms with Gasteiger partial charge in [-0.25, -0.2) is 4.39 Å². The molecule has 0 saturated carbocycles. The monoisotopic (exact) mass is 608 g/mol. The van der Waals surface area contributed by atoms with Crippen molar-refractivity contribution in [3.8, 4) is 22.8 Å². The van der Waals surface area contributed by atoms with E-state index in [9.17, 15) is 9.18 Å². The number of hydrogen-bond acceptors (Lipinski definition) is 5. The minimum Gasteiger partial charge on any atom is -0.491 e. The number of nitrogens with zero attached hydrogens (tertiary/aromatic N) is 2. The van der Waals surface area contributed by atoms with E-state index in [-0.39, 0.29) is 37.4 Å². The largest absolute Gasteiger partial charge is 0.491 e. The highest BCUT2D eigenvalue weighted by molar-refractivity contribution is 5.69. The van der Waals surface area contributed by atoms with Crippen molar-refractivity contribution in [2.75, 3.05) is 6.61 Å². The summed E-state index contributed by atoms with van der Waals surface area (Å²) in [4.78, 5) is 11.6. The summed E-state index contributed by atoms with van der Waals surface area (Å²) in [5.41, 5.74) is 5.56. The molecule has 1 aliphatic rings. The third-order valence-corrected chi connectivity index (χ3v) is 7.77. The first kappa shape index (κ1) is 31.8.